The largest absolute Gasteiger partial charge is 0.493 e. The fourth-order valence-corrected chi connectivity index (χ4v) is 5.37. The number of benzene rings is 3. The Balaban J connectivity index is 1.32. The predicted octanol–water partition coefficient (Wildman–Crippen LogP) is 2.89. The Bertz CT molecular complexity index is 1420. The Kier molecular flexibility index (Phi) is 9.23. The number of rotatable bonds is 8. The van der Waals surface area contributed by atoms with Gasteiger partial charge in [-0.1, -0.05) is 30.3 Å². The molecule has 3 aromatic carbocycles. The number of anilines is 2. The molecule has 10 heteroatoms. The second-order valence-electron chi connectivity index (χ2n) is 10.3. The fourth-order valence-electron chi connectivity index (χ4n) is 5.37. The third-order valence-corrected chi connectivity index (χ3v) is 7.67. The van der Waals surface area contributed by atoms with E-state index in [9.17, 15) is 14.4 Å². The van der Waals surface area contributed by atoms with Crippen LogP contribution in [0, 0.1) is 0 Å². The Morgan fingerprint density at radius 2 is 1.36 bits per heavy atom. The summed E-state index contributed by atoms with van der Waals surface area (Å²) in [7, 11) is 3.11. The van der Waals surface area contributed by atoms with E-state index in [0.717, 1.165) is 24.3 Å². The van der Waals surface area contributed by atoms with E-state index >= 15 is 0 Å². The van der Waals surface area contributed by atoms with Gasteiger partial charge in [-0.15, -0.1) is 0 Å². The van der Waals surface area contributed by atoms with Gasteiger partial charge in [0.2, 0.25) is 5.91 Å². The number of amides is 3. The number of nitrogens with one attached hydrogen (secondary N) is 2. The molecule has 0 aliphatic carbocycles. The van der Waals surface area contributed by atoms with Gasteiger partial charge in [-0.05, 0) is 42.0 Å². The maximum absolute atomic E-state index is 13.3. The third-order valence-electron chi connectivity index (χ3n) is 7.67. The lowest BCUT2D eigenvalue weighted by Gasteiger charge is -2.37. The van der Waals surface area contributed by atoms with Crippen molar-refractivity contribution in [1.29, 1.82) is 0 Å². The molecule has 3 amide bonds. The number of methoxy groups -OCH3 is 2. The molecule has 2 saturated heterocycles. The van der Waals surface area contributed by atoms with Crippen molar-refractivity contribution in [3.8, 4) is 11.5 Å². The first kappa shape index (κ1) is 28.9. The Morgan fingerprint density at radius 3 is 2.02 bits per heavy atom. The van der Waals surface area contributed by atoms with Crippen LogP contribution in [-0.4, -0.2) is 94.1 Å². The quantitative estimate of drug-likeness (QED) is 0.429. The minimum absolute atomic E-state index is 0.0491. The van der Waals surface area contributed by atoms with E-state index in [1.807, 2.05) is 52.3 Å². The maximum atomic E-state index is 13.3. The van der Waals surface area contributed by atoms with Gasteiger partial charge >= 0.3 is 0 Å². The van der Waals surface area contributed by atoms with Gasteiger partial charge in [-0.25, -0.2) is 0 Å². The Morgan fingerprint density at radius 1 is 0.738 bits per heavy atom. The first-order valence-electron chi connectivity index (χ1n) is 14.2. The third kappa shape index (κ3) is 6.66. The van der Waals surface area contributed by atoms with Crippen molar-refractivity contribution in [3.63, 3.8) is 0 Å². The van der Waals surface area contributed by atoms with Crippen LogP contribution in [0.25, 0.3) is 0 Å². The Labute approximate surface area is 246 Å². The number of ether oxygens (including phenoxy) is 2. The highest BCUT2D eigenvalue weighted by atomic mass is 16.5. The first-order chi connectivity index (χ1) is 20.5. The van der Waals surface area contributed by atoms with E-state index in [4.69, 9.17) is 9.47 Å². The van der Waals surface area contributed by atoms with Crippen LogP contribution in [0.15, 0.2) is 66.7 Å². The van der Waals surface area contributed by atoms with E-state index in [1.165, 1.54) is 0 Å². The van der Waals surface area contributed by atoms with Crippen molar-refractivity contribution in [2.75, 3.05) is 76.8 Å². The van der Waals surface area contributed by atoms with Crippen LogP contribution in [0.3, 0.4) is 0 Å². The lowest BCUT2D eigenvalue weighted by molar-refractivity contribution is -0.115. The zero-order valence-electron chi connectivity index (χ0n) is 24.1. The van der Waals surface area contributed by atoms with Gasteiger partial charge < -0.3 is 34.8 Å². The zero-order valence-corrected chi connectivity index (χ0v) is 24.1. The standard InChI is InChI=1S/C32H37N5O5/c1-41-28-11-9-25(22-29(28)42-2)32(40)37-18-16-35(17-19-37)27-10-8-24(31(39)36-14-12-33-13-15-36)21-26(27)34-30(38)20-23-6-4-3-5-7-23/h3-11,21-22,33H,12-20H2,1-2H3,(H,34,38). The molecule has 2 fully saturated rings. The molecule has 10 nitrogen and oxygen atoms in total. The zero-order chi connectivity index (χ0) is 29.5. The van der Waals surface area contributed by atoms with Gasteiger partial charge in [0.15, 0.2) is 11.5 Å². The van der Waals surface area contributed by atoms with Crippen LogP contribution in [0.4, 0.5) is 11.4 Å². The van der Waals surface area contributed by atoms with Crippen LogP contribution >= 0.6 is 0 Å². The minimum atomic E-state index is -0.156. The SMILES string of the molecule is COc1ccc(C(=O)N2CCN(c3ccc(C(=O)N4CCNCC4)cc3NC(=O)Cc3ccccc3)CC2)cc1OC. The molecule has 2 aliphatic rings. The molecule has 220 valence electrons. The topological polar surface area (TPSA) is 103 Å². The van der Waals surface area contributed by atoms with Gasteiger partial charge in [0.25, 0.3) is 11.8 Å². The van der Waals surface area contributed by atoms with Crippen molar-refractivity contribution in [2.45, 2.75) is 6.42 Å². The van der Waals surface area contributed by atoms with Crippen molar-refractivity contribution in [3.05, 3.63) is 83.4 Å². The lowest BCUT2D eigenvalue weighted by atomic mass is 10.1. The molecule has 2 heterocycles. The second-order valence-corrected chi connectivity index (χ2v) is 10.3. The number of carbonyl (C=O) groups excluding carboxylic acids is 3. The summed E-state index contributed by atoms with van der Waals surface area (Å²) in [6, 6.07) is 20.2. The number of hydrogen-bond acceptors (Lipinski definition) is 7. The second kappa shape index (κ2) is 13.4. The van der Waals surface area contributed by atoms with E-state index < -0.39 is 0 Å². The summed E-state index contributed by atoms with van der Waals surface area (Å²) in [4.78, 5) is 45.4. The summed E-state index contributed by atoms with van der Waals surface area (Å²) >= 11 is 0. The molecule has 0 saturated carbocycles. The molecule has 3 aromatic rings. The van der Waals surface area contributed by atoms with Crippen LogP contribution < -0.4 is 25.0 Å². The molecule has 42 heavy (non-hydrogen) atoms. The molecule has 5 rings (SSSR count). The maximum Gasteiger partial charge on any atom is 0.254 e. The number of hydrogen-bond donors (Lipinski definition) is 2. The highest BCUT2D eigenvalue weighted by Gasteiger charge is 2.26. The van der Waals surface area contributed by atoms with E-state index in [2.05, 4.69) is 15.5 Å². The summed E-state index contributed by atoms with van der Waals surface area (Å²) in [5, 5.41) is 6.34. The van der Waals surface area contributed by atoms with Gasteiger partial charge in [0.1, 0.15) is 0 Å². The van der Waals surface area contributed by atoms with Crippen LogP contribution in [0.1, 0.15) is 26.3 Å². The van der Waals surface area contributed by atoms with E-state index in [1.54, 1.807) is 38.5 Å². The summed E-state index contributed by atoms with van der Waals surface area (Å²) in [5.41, 5.74) is 3.40. The van der Waals surface area contributed by atoms with E-state index in [-0.39, 0.29) is 24.1 Å². The number of nitrogens with zero attached hydrogens (tertiary/aromatic N) is 3. The fraction of sp³-hybridized carbons (Fsp3) is 0.344. The molecule has 0 bridgehead atoms. The number of carbonyl (C=O) groups is 3. The van der Waals surface area contributed by atoms with Crippen molar-refractivity contribution in [1.82, 2.24) is 15.1 Å². The number of piperazine rings is 2. The Hall–Kier alpha value is -4.57. The first-order valence-corrected chi connectivity index (χ1v) is 14.2. The summed E-state index contributed by atoms with van der Waals surface area (Å²) in [6.07, 6.45) is 0.226. The van der Waals surface area contributed by atoms with Crippen molar-refractivity contribution >= 4 is 29.1 Å². The van der Waals surface area contributed by atoms with Gasteiger partial charge in [0.05, 0.1) is 32.0 Å². The molecule has 0 radical (unpaired) electrons. The summed E-state index contributed by atoms with van der Waals surface area (Å²) in [6.45, 7) is 4.97. The van der Waals surface area contributed by atoms with Crippen LogP contribution in [-0.2, 0) is 11.2 Å². The smallest absolute Gasteiger partial charge is 0.254 e. The highest BCUT2D eigenvalue weighted by Crippen LogP contribution is 2.31. The molecular formula is C32H37N5O5. The molecule has 2 aliphatic heterocycles. The van der Waals surface area contributed by atoms with Crippen molar-refractivity contribution < 1.29 is 23.9 Å². The van der Waals surface area contributed by atoms with Gasteiger partial charge in [-0.3, -0.25) is 14.4 Å². The summed E-state index contributed by atoms with van der Waals surface area (Å²) in [5.74, 6) is 0.792. The van der Waals surface area contributed by atoms with Crippen molar-refractivity contribution in [2.24, 2.45) is 0 Å². The molecule has 0 unspecified atom stereocenters. The molecule has 0 spiro atoms. The molecular weight excluding hydrogens is 534 g/mol. The average molecular weight is 572 g/mol. The molecule has 0 atom stereocenters. The van der Waals surface area contributed by atoms with Gasteiger partial charge in [0, 0.05) is 63.5 Å². The lowest BCUT2D eigenvalue weighted by Crippen LogP contribution is -2.49. The predicted molar refractivity (Wildman–Crippen MR) is 162 cm³/mol. The highest BCUT2D eigenvalue weighted by molar-refractivity contribution is 6.00. The molecule has 0 aromatic heterocycles. The van der Waals surface area contributed by atoms with Crippen LogP contribution in [0.5, 0.6) is 11.5 Å². The summed E-state index contributed by atoms with van der Waals surface area (Å²) < 4.78 is 10.7. The normalized spacial score (nSPS) is 15.2. The van der Waals surface area contributed by atoms with Gasteiger partial charge in [-0.2, -0.15) is 0 Å². The van der Waals surface area contributed by atoms with Crippen LogP contribution in [0.2, 0.25) is 0 Å². The minimum Gasteiger partial charge on any atom is -0.493 e. The molecule has 2 N–H and O–H groups in total. The average Bonchev–Trinajstić information content (AvgIpc) is 3.04. The monoisotopic (exact) mass is 571 g/mol. The van der Waals surface area contributed by atoms with E-state index in [0.29, 0.717) is 67.6 Å².